The van der Waals surface area contributed by atoms with Crippen molar-refractivity contribution in [2.24, 2.45) is 10.9 Å². The molecule has 0 aromatic rings. The van der Waals surface area contributed by atoms with Crippen molar-refractivity contribution in [3.8, 4) is 0 Å². The van der Waals surface area contributed by atoms with Gasteiger partial charge in [0.2, 0.25) is 0 Å². The summed E-state index contributed by atoms with van der Waals surface area (Å²) < 4.78 is 12.9. The number of halogens is 1. The number of hydrogen-bond donors (Lipinski definition) is 0. The molecule has 12 heavy (non-hydrogen) atoms. The topological polar surface area (TPSA) is 12.4 Å². The molecule has 0 N–H and O–H groups in total. The molecule has 0 saturated carbocycles. The van der Waals surface area contributed by atoms with E-state index in [-0.39, 0.29) is 5.92 Å². The Balaban J connectivity index is 3.53. The number of hydrogen-bond acceptors (Lipinski definition) is 1. The molecule has 0 aliphatic carbocycles. The van der Waals surface area contributed by atoms with Gasteiger partial charge >= 0.3 is 0 Å². The molecular weight excluding hydrogens is 153 g/mol. The predicted octanol–water partition coefficient (Wildman–Crippen LogP) is 3.02. The molecule has 1 nitrogen and oxygen atoms in total. The fourth-order valence-corrected chi connectivity index (χ4v) is 0.708. The molecular formula is C10H18FN. The van der Waals surface area contributed by atoms with Crippen LogP contribution in [0.3, 0.4) is 0 Å². The van der Waals surface area contributed by atoms with Gasteiger partial charge < -0.3 is 0 Å². The summed E-state index contributed by atoms with van der Waals surface area (Å²) in [4.78, 5) is 3.98. The molecule has 70 valence electrons. The van der Waals surface area contributed by atoms with Crippen LogP contribution in [0.25, 0.3) is 0 Å². The molecule has 0 amide bonds. The third-order valence-corrected chi connectivity index (χ3v) is 1.59. The lowest BCUT2D eigenvalue weighted by molar-refractivity contribution is 0.258. The van der Waals surface area contributed by atoms with E-state index in [4.69, 9.17) is 0 Å². The average molecular weight is 171 g/mol. The van der Waals surface area contributed by atoms with E-state index >= 15 is 0 Å². The summed E-state index contributed by atoms with van der Waals surface area (Å²) >= 11 is 0. The minimum atomic E-state index is -0.726. The zero-order chi connectivity index (χ0) is 9.40. The predicted molar refractivity (Wildman–Crippen MR) is 52.5 cm³/mol. The van der Waals surface area contributed by atoms with Gasteiger partial charge in [-0.05, 0) is 25.3 Å². The van der Waals surface area contributed by atoms with Crippen molar-refractivity contribution in [2.75, 3.05) is 6.54 Å². The molecule has 0 radical (unpaired) electrons. The lowest BCUT2D eigenvalue weighted by Crippen LogP contribution is -2.06. The normalized spacial score (nSPS) is 15.1. The van der Waals surface area contributed by atoms with Crippen molar-refractivity contribution in [3.05, 3.63) is 12.2 Å². The van der Waals surface area contributed by atoms with Crippen molar-refractivity contribution in [2.45, 2.75) is 33.4 Å². The molecule has 0 saturated heterocycles. The second-order valence-corrected chi connectivity index (χ2v) is 3.07. The Kier molecular flexibility index (Phi) is 6.63. The molecule has 1 atom stereocenters. The van der Waals surface area contributed by atoms with E-state index in [1.165, 1.54) is 0 Å². The van der Waals surface area contributed by atoms with E-state index in [2.05, 4.69) is 4.99 Å². The average Bonchev–Trinajstić information content (AvgIpc) is 2.03. The van der Waals surface area contributed by atoms with Crippen molar-refractivity contribution < 1.29 is 4.39 Å². The second kappa shape index (κ2) is 7.01. The number of alkyl halides is 1. The van der Waals surface area contributed by atoms with Crippen LogP contribution in [0.2, 0.25) is 0 Å². The molecule has 0 unspecified atom stereocenters. The Hall–Kier alpha value is -0.660. The third kappa shape index (κ3) is 6.08. The van der Waals surface area contributed by atoms with Gasteiger partial charge in [-0.3, -0.25) is 4.99 Å². The molecule has 0 bridgehead atoms. The fraction of sp³-hybridized carbons (Fsp3) is 0.700. The van der Waals surface area contributed by atoms with Crippen molar-refractivity contribution in [1.29, 1.82) is 0 Å². The van der Waals surface area contributed by atoms with Gasteiger partial charge in [0, 0.05) is 12.8 Å². The third-order valence-electron chi connectivity index (χ3n) is 1.59. The minimum Gasteiger partial charge on any atom is -0.293 e. The van der Waals surface area contributed by atoms with Gasteiger partial charge in [-0.15, -0.1) is 0 Å². The first kappa shape index (κ1) is 11.3. The zero-order valence-electron chi connectivity index (χ0n) is 8.13. The quantitative estimate of drug-likeness (QED) is 0.564. The smallest absolute Gasteiger partial charge is 0.106 e. The number of rotatable bonds is 5. The van der Waals surface area contributed by atoms with Crippen LogP contribution >= 0.6 is 0 Å². The lowest BCUT2D eigenvalue weighted by atomic mass is 10.1. The highest BCUT2D eigenvalue weighted by Gasteiger charge is 2.07. The van der Waals surface area contributed by atoms with E-state index in [0.29, 0.717) is 6.42 Å². The molecule has 0 spiro atoms. The molecule has 2 heteroatoms. The lowest BCUT2D eigenvalue weighted by Gasteiger charge is -2.07. The summed E-state index contributed by atoms with van der Waals surface area (Å²) in [6.45, 7) is 6.53. The van der Waals surface area contributed by atoms with Crippen LogP contribution in [0.5, 0.6) is 0 Å². The van der Waals surface area contributed by atoms with Crippen LogP contribution in [0.4, 0.5) is 4.39 Å². The summed E-state index contributed by atoms with van der Waals surface area (Å²) in [6, 6.07) is 0. The van der Waals surface area contributed by atoms with Crippen LogP contribution < -0.4 is 0 Å². The summed E-state index contributed by atoms with van der Waals surface area (Å²) in [5.74, 6) is 0.109. The van der Waals surface area contributed by atoms with E-state index in [0.717, 1.165) is 6.54 Å². The molecule has 0 aromatic carbocycles. The molecule has 0 rings (SSSR count). The van der Waals surface area contributed by atoms with E-state index in [9.17, 15) is 4.39 Å². The van der Waals surface area contributed by atoms with Gasteiger partial charge in [0.1, 0.15) is 6.17 Å². The minimum absolute atomic E-state index is 0.109. The fourth-order valence-electron chi connectivity index (χ4n) is 0.708. The second-order valence-electron chi connectivity index (χ2n) is 3.07. The van der Waals surface area contributed by atoms with Crippen LogP contribution in [0, 0.1) is 5.92 Å². The Morgan fingerprint density at radius 3 is 2.58 bits per heavy atom. The SMILES string of the molecule is CC/N=C/C=C\C[C@H](F)C(C)C. The monoisotopic (exact) mass is 171 g/mol. The van der Waals surface area contributed by atoms with Gasteiger partial charge in [0.25, 0.3) is 0 Å². The first-order valence-corrected chi connectivity index (χ1v) is 4.47. The molecule has 0 aliphatic heterocycles. The molecule has 0 heterocycles. The van der Waals surface area contributed by atoms with E-state index in [1.54, 1.807) is 12.3 Å². The highest BCUT2D eigenvalue weighted by Crippen LogP contribution is 2.10. The van der Waals surface area contributed by atoms with Gasteiger partial charge in [-0.1, -0.05) is 19.9 Å². The first-order valence-electron chi connectivity index (χ1n) is 4.47. The Bertz CT molecular complexity index is 150. The Labute approximate surface area is 74.4 Å². The Morgan fingerprint density at radius 2 is 2.08 bits per heavy atom. The maximum atomic E-state index is 12.9. The Morgan fingerprint density at radius 1 is 1.42 bits per heavy atom. The maximum absolute atomic E-state index is 12.9. The van der Waals surface area contributed by atoms with Gasteiger partial charge in [0.15, 0.2) is 0 Å². The van der Waals surface area contributed by atoms with Crippen LogP contribution in [0.15, 0.2) is 17.1 Å². The molecule has 0 fully saturated rings. The van der Waals surface area contributed by atoms with Gasteiger partial charge in [-0.25, -0.2) is 4.39 Å². The number of allylic oxidation sites excluding steroid dienone is 2. The summed E-state index contributed by atoms with van der Waals surface area (Å²) in [6.07, 6.45) is 5.11. The largest absolute Gasteiger partial charge is 0.293 e. The number of nitrogens with zero attached hydrogens (tertiary/aromatic N) is 1. The van der Waals surface area contributed by atoms with Crippen LogP contribution in [-0.2, 0) is 0 Å². The summed E-state index contributed by atoms with van der Waals surface area (Å²) in [5.41, 5.74) is 0. The highest BCUT2D eigenvalue weighted by molar-refractivity contribution is 5.70. The molecule has 0 aliphatic rings. The van der Waals surface area contributed by atoms with E-state index in [1.807, 2.05) is 26.8 Å². The summed E-state index contributed by atoms with van der Waals surface area (Å²) in [5, 5.41) is 0. The van der Waals surface area contributed by atoms with Gasteiger partial charge in [-0.2, -0.15) is 0 Å². The van der Waals surface area contributed by atoms with Crippen molar-refractivity contribution in [3.63, 3.8) is 0 Å². The maximum Gasteiger partial charge on any atom is 0.106 e. The zero-order valence-corrected chi connectivity index (χ0v) is 8.13. The highest BCUT2D eigenvalue weighted by atomic mass is 19.1. The number of aliphatic imine (C=N–C) groups is 1. The van der Waals surface area contributed by atoms with Crippen molar-refractivity contribution in [1.82, 2.24) is 0 Å². The first-order chi connectivity index (χ1) is 5.68. The van der Waals surface area contributed by atoms with Crippen LogP contribution in [0.1, 0.15) is 27.2 Å². The molecule has 0 aromatic heterocycles. The standard InChI is InChI=1S/C10H18FN/c1-4-12-8-6-5-7-10(11)9(2)3/h5-6,8-10H,4,7H2,1-3H3/b6-5-,12-8+/t10-/m0/s1. The van der Waals surface area contributed by atoms with Crippen LogP contribution in [-0.4, -0.2) is 18.9 Å². The van der Waals surface area contributed by atoms with Crippen molar-refractivity contribution >= 4 is 6.21 Å². The summed E-state index contributed by atoms with van der Waals surface area (Å²) in [7, 11) is 0. The van der Waals surface area contributed by atoms with E-state index < -0.39 is 6.17 Å². The van der Waals surface area contributed by atoms with Gasteiger partial charge in [0.05, 0.1) is 0 Å².